The number of nitrogens with two attached hydrogens (primary N) is 1. The molecule has 0 aliphatic carbocycles. The second-order valence-corrected chi connectivity index (χ2v) is 5.99. The predicted molar refractivity (Wildman–Crippen MR) is 82.1 cm³/mol. The molecular weight excluding hydrogens is 266 g/mol. The molecule has 1 atom stereocenters. The van der Waals surface area contributed by atoms with E-state index in [9.17, 15) is 9.59 Å². The van der Waals surface area contributed by atoms with Gasteiger partial charge in [0.1, 0.15) is 0 Å². The van der Waals surface area contributed by atoms with Crippen LogP contribution in [0.1, 0.15) is 37.0 Å². The molecule has 0 bridgehead atoms. The molecule has 2 amide bonds. The number of hydrogen-bond donors (Lipinski definition) is 3. The third-order valence-corrected chi connectivity index (χ3v) is 4.36. The third kappa shape index (κ3) is 4.04. The number of piperidine rings is 1. The predicted octanol–water partition coefficient (Wildman–Crippen LogP) is 0.427. The average Bonchev–Trinajstić information content (AvgIpc) is 2.47. The zero-order valence-electron chi connectivity index (χ0n) is 12.7. The SMILES string of the molecule is CC1CC[NH+]([C@@H](C)C(=O)Nc2ccc(C(N)=O)cc2)CC1. The lowest BCUT2D eigenvalue weighted by molar-refractivity contribution is -0.919. The normalized spacial score (nSPS) is 23.3. The Morgan fingerprint density at radius 2 is 1.81 bits per heavy atom. The van der Waals surface area contributed by atoms with Gasteiger partial charge in [-0.05, 0) is 49.9 Å². The van der Waals surface area contributed by atoms with Crippen LogP contribution < -0.4 is 16.0 Å². The minimum Gasteiger partial charge on any atom is -0.366 e. The Balaban J connectivity index is 1.92. The fourth-order valence-corrected chi connectivity index (χ4v) is 2.72. The van der Waals surface area contributed by atoms with Crippen molar-refractivity contribution in [1.29, 1.82) is 0 Å². The molecule has 1 heterocycles. The van der Waals surface area contributed by atoms with Gasteiger partial charge >= 0.3 is 0 Å². The maximum absolute atomic E-state index is 12.3. The maximum atomic E-state index is 12.3. The van der Waals surface area contributed by atoms with Crippen LogP contribution >= 0.6 is 0 Å². The maximum Gasteiger partial charge on any atom is 0.282 e. The van der Waals surface area contributed by atoms with E-state index in [1.807, 2.05) is 6.92 Å². The number of amides is 2. The van der Waals surface area contributed by atoms with Gasteiger partial charge in [0.25, 0.3) is 5.91 Å². The average molecular weight is 290 g/mol. The Labute approximate surface area is 125 Å². The number of likely N-dealkylation sites (tertiary alicyclic amines) is 1. The van der Waals surface area contributed by atoms with Crippen molar-refractivity contribution in [1.82, 2.24) is 0 Å². The summed E-state index contributed by atoms with van der Waals surface area (Å²) in [4.78, 5) is 24.6. The molecule has 21 heavy (non-hydrogen) atoms. The Bertz CT molecular complexity index is 505. The standard InChI is InChI=1S/C16H23N3O2/c1-11-7-9-19(10-8-11)12(2)16(21)18-14-5-3-13(4-6-14)15(17)20/h3-6,11-12H,7-10H2,1-2H3,(H2,17,20)(H,18,21)/p+1/t12-/m0/s1. The van der Waals surface area contributed by atoms with Crippen molar-refractivity contribution in [3.05, 3.63) is 29.8 Å². The van der Waals surface area contributed by atoms with Gasteiger partial charge in [-0.25, -0.2) is 0 Å². The smallest absolute Gasteiger partial charge is 0.282 e. The zero-order chi connectivity index (χ0) is 15.4. The van der Waals surface area contributed by atoms with Crippen molar-refractivity contribution >= 4 is 17.5 Å². The number of hydrogen-bond acceptors (Lipinski definition) is 2. The molecule has 1 aromatic rings. The van der Waals surface area contributed by atoms with Crippen molar-refractivity contribution in [2.45, 2.75) is 32.7 Å². The molecule has 0 radical (unpaired) electrons. The van der Waals surface area contributed by atoms with Crippen LogP contribution in [0, 0.1) is 5.92 Å². The van der Waals surface area contributed by atoms with Crippen molar-refractivity contribution in [2.75, 3.05) is 18.4 Å². The van der Waals surface area contributed by atoms with Gasteiger partial charge in [-0.15, -0.1) is 0 Å². The van der Waals surface area contributed by atoms with Crippen LogP contribution in [0.15, 0.2) is 24.3 Å². The van der Waals surface area contributed by atoms with E-state index in [1.165, 1.54) is 17.7 Å². The summed E-state index contributed by atoms with van der Waals surface area (Å²) < 4.78 is 0. The first-order valence-electron chi connectivity index (χ1n) is 7.52. The molecule has 1 aliphatic heterocycles. The molecule has 5 nitrogen and oxygen atoms in total. The lowest BCUT2D eigenvalue weighted by Crippen LogP contribution is -3.17. The van der Waals surface area contributed by atoms with E-state index in [4.69, 9.17) is 5.73 Å². The lowest BCUT2D eigenvalue weighted by atomic mass is 9.98. The molecule has 114 valence electrons. The topological polar surface area (TPSA) is 76.6 Å². The molecule has 1 saturated heterocycles. The Morgan fingerprint density at radius 1 is 1.24 bits per heavy atom. The fraction of sp³-hybridized carbons (Fsp3) is 0.500. The minimum atomic E-state index is -0.465. The van der Waals surface area contributed by atoms with Crippen LogP contribution in [0.3, 0.4) is 0 Å². The summed E-state index contributed by atoms with van der Waals surface area (Å²) in [5.74, 6) is 0.324. The molecule has 0 spiro atoms. The van der Waals surface area contributed by atoms with Crippen LogP contribution in [0.4, 0.5) is 5.69 Å². The first-order chi connectivity index (χ1) is 9.97. The second kappa shape index (κ2) is 6.72. The second-order valence-electron chi connectivity index (χ2n) is 5.99. The first kappa shape index (κ1) is 15.5. The molecule has 1 aliphatic rings. The van der Waals surface area contributed by atoms with Crippen molar-refractivity contribution < 1.29 is 14.5 Å². The Kier molecular flexibility index (Phi) is 4.96. The van der Waals surface area contributed by atoms with Gasteiger partial charge in [0.2, 0.25) is 5.91 Å². The van der Waals surface area contributed by atoms with Crippen molar-refractivity contribution in [3.63, 3.8) is 0 Å². The third-order valence-electron chi connectivity index (χ3n) is 4.36. The number of rotatable bonds is 4. The van der Waals surface area contributed by atoms with Gasteiger partial charge in [0, 0.05) is 11.3 Å². The van der Waals surface area contributed by atoms with Crippen molar-refractivity contribution in [3.8, 4) is 0 Å². The molecule has 0 aromatic heterocycles. The highest BCUT2D eigenvalue weighted by atomic mass is 16.2. The van der Waals surface area contributed by atoms with E-state index in [2.05, 4.69) is 12.2 Å². The summed E-state index contributed by atoms with van der Waals surface area (Å²) in [5, 5.41) is 2.90. The molecule has 2 rings (SSSR count). The number of primary amides is 1. The summed E-state index contributed by atoms with van der Waals surface area (Å²) in [6.45, 7) is 6.34. The number of benzene rings is 1. The number of carbonyl (C=O) groups excluding carboxylic acids is 2. The summed E-state index contributed by atoms with van der Waals surface area (Å²) >= 11 is 0. The van der Waals surface area contributed by atoms with Crippen LogP contribution in [0.2, 0.25) is 0 Å². The fourth-order valence-electron chi connectivity index (χ4n) is 2.72. The van der Waals surface area contributed by atoms with Crippen LogP contribution in [0.5, 0.6) is 0 Å². The molecule has 1 fully saturated rings. The first-order valence-corrected chi connectivity index (χ1v) is 7.52. The lowest BCUT2D eigenvalue weighted by Gasteiger charge is -2.31. The summed E-state index contributed by atoms with van der Waals surface area (Å²) in [7, 11) is 0. The van der Waals surface area contributed by atoms with Crippen LogP contribution in [-0.2, 0) is 4.79 Å². The Morgan fingerprint density at radius 3 is 2.33 bits per heavy atom. The molecular formula is C16H24N3O2+. The zero-order valence-corrected chi connectivity index (χ0v) is 12.7. The van der Waals surface area contributed by atoms with Gasteiger partial charge < -0.3 is 16.0 Å². The highest BCUT2D eigenvalue weighted by molar-refractivity contribution is 5.95. The molecule has 4 N–H and O–H groups in total. The van der Waals surface area contributed by atoms with Gasteiger partial charge in [0.15, 0.2) is 6.04 Å². The van der Waals surface area contributed by atoms with Crippen molar-refractivity contribution in [2.24, 2.45) is 11.7 Å². The van der Waals surface area contributed by atoms with Gasteiger partial charge in [-0.1, -0.05) is 6.92 Å². The molecule has 1 aromatic carbocycles. The van der Waals surface area contributed by atoms with E-state index in [1.54, 1.807) is 24.3 Å². The number of quaternary nitrogens is 1. The summed E-state index contributed by atoms with van der Waals surface area (Å²) in [6, 6.07) is 6.60. The van der Waals surface area contributed by atoms with Crippen LogP contribution in [-0.4, -0.2) is 30.9 Å². The van der Waals surface area contributed by atoms with Crippen LogP contribution in [0.25, 0.3) is 0 Å². The molecule has 0 saturated carbocycles. The summed E-state index contributed by atoms with van der Waals surface area (Å²) in [5.41, 5.74) is 6.33. The van der Waals surface area contributed by atoms with E-state index >= 15 is 0 Å². The summed E-state index contributed by atoms with van der Waals surface area (Å²) in [6.07, 6.45) is 2.36. The number of nitrogens with one attached hydrogen (secondary N) is 2. The number of anilines is 1. The number of carbonyl (C=O) groups is 2. The largest absolute Gasteiger partial charge is 0.366 e. The quantitative estimate of drug-likeness (QED) is 0.752. The van der Waals surface area contributed by atoms with Gasteiger partial charge in [0.05, 0.1) is 13.1 Å². The Hall–Kier alpha value is -1.88. The van der Waals surface area contributed by atoms with E-state index < -0.39 is 5.91 Å². The van der Waals surface area contributed by atoms with E-state index in [-0.39, 0.29) is 11.9 Å². The molecule has 0 unspecified atom stereocenters. The minimum absolute atomic E-state index is 0.0198. The highest BCUT2D eigenvalue weighted by Gasteiger charge is 2.28. The van der Waals surface area contributed by atoms with E-state index in [0.29, 0.717) is 11.3 Å². The van der Waals surface area contributed by atoms with Gasteiger partial charge in [-0.3, -0.25) is 9.59 Å². The monoisotopic (exact) mass is 290 g/mol. The van der Waals surface area contributed by atoms with E-state index in [0.717, 1.165) is 19.0 Å². The molecule has 5 heteroatoms. The highest BCUT2D eigenvalue weighted by Crippen LogP contribution is 2.10. The van der Waals surface area contributed by atoms with Gasteiger partial charge in [-0.2, -0.15) is 0 Å².